The molecule has 0 spiro atoms. The number of nitrogens with one attached hydrogen (secondary N) is 1. The summed E-state index contributed by atoms with van der Waals surface area (Å²) in [5, 5.41) is 19.2. The van der Waals surface area contributed by atoms with E-state index in [2.05, 4.69) is 5.32 Å². The minimum atomic E-state index is -0.938. The Labute approximate surface area is 156 Å². The van der Waals surface area contributed by atoms with Crippen molar-refractivity contribution >= 4 is 23.4 Å². The molecule has 0 saturated carbocycles. The first-order valence-electron chi connectivity index (χ1n) is 7.44. The second-order valence-electron chi connectivity index (χ2n) is 6.15. The second-order valence-corrected chi connectivity index (χ2v) is 6.15. The van der Waals surface area contributed by atoms with Crippen LogP contribution in [0.1, 0.15) is 31.9 Å². The Morgan fingerprint density at radius 1 is 1.16 bits per heavy atom. The average molecular weight is 384 g/mol. The molecule has 0 aromatic heterocycles. The molecule has 0 fully saturated rings. The first kappa shape index (κ1) is 23.0. The number of carbonyl (C=O) groups is 2. The summed E-state index contributed by atoms with van der Waals surface area (Å²) in [6.07, 6.45) is 4.80. The van der Waals surface area contributed by atoms with E-state index in [4.69, 9.17) is 8.78 Å². The molecule has 0 aliphatic heterocycles. The fourth-order valence-electron chi connectivity index (χ4n) is 2.28. The Kier molecular flexibility index (Phi) is 9.90. The van der Waals surface area contributed by atoms with Gasteiger partial charge >= 0.3 is 27.0 Å². The summed E-state index contributed by atoms with van der Waals surface area (Å²) in [5.74, 6) is -1.06. The fraction of sp³-hybridized carbons (Fsp3) is 0.333. The molecule has 1 aromatic carbocycles. The van der Waals surface area contributed by atoms with E-state index in [-0.39, 0.29) is 5.78 Å². The third kappa shape index (κ3) is 6.42. The number of hydrogen-bond acceptors (Lipinski definition) is 5. The van der Waals surface area contributed by atoms with Crippen LogP contribution in [0.15, 0.2) is 36.5 Å². The molecule has 6 nitrogen and oxygen atoms in total. The average Bonchev–Trinajstić information content (AvgIpc) is 2.59. The summed E-state index contributed by atoms with van der Waals surface area (Å²) in [7, 11) is 1.00. The monoisotopic (exact) mass is 384 g/mol. The van der Waals surface area contributed by atoms with E-state index in [0.29, 0.717) is 5.57 Å². The Hall–Kier alpha value is -2.02. The predicted molar refractivity (Wildman–Crippen MR) is 91.3 cm³/mol. The number of benzene rings is 1. The van der Waals surface area contributed by atoms with E-state index in [1.165, 1.54) is 12.3 Å². The van der Waals surface area contributed by atoms with Crippen molar-refractivity contribution < 1.29 is 40.8 Å². The zero-order chi connectivity index (χ0) is 19.6. The summed E-state index contributed by atoms with van der Waals surface area (Å²) in [5.41, 5.74) is 1.79. The first-order valence-corrected chi connectivity index (χ1v) is 8.01. The molecule has 0 saturated heterocycles. The summed E-state index contributed by atoms with van der Waals surface area (Å²) in [6, 6.07) is 6.77. The van der Waals surface area contributed by atoms with E-state index in [1.807, 2.05) is 45.0 Å². The number of carboxylic acids is 1. The number of rotatable bonds is 3. The number of carbonyl (C=O) groups excluding carboxylic acids is 1. The topological polar surface area (TPSA) is 104 Å². The molecule has 0 bridgehead atoms. The van der Waals surface area contributed by atoms with Gasteiger partial charge in [0, 0.05) is 18.9 Å². The zero-order valence-corrected chi connectivity index (χ0v) is 16.1. The van der Waals surface area contributed by atoms with Crippen LogP contribution in [0.25, 0.3) is 11.6 Å². The molecule has 135 valence electrons. The van der Waals surface area contributed by atoms with Gasteiger partial charge in [-0.05, 0) is 22.6 Å². The molecule has 1 aliphatic carbocycles. The SMILES string of the molecule is CC(C)(C)[C@H](N/C=C1\C(=O)C=Cc2ccccc21)C(=O)O.CO.[O]=[V]. The molecule has 0 radical (unpaired) electrons. The quantitative estimate of drug-likeness (QED) is 0.691. The van der Waals surface area contributed by atoms with Crippen molar-refractivity contribution in [3.05, 3.63) is 47.7 Å². The number of aliphatic hydroxyl groups is 1. The summed E-state index contributed by atoms with van der Waals surface area (Å²) in [6.45, 7) is 5.52. The zero-order valence-electron chi connectivity index (χ0n) is 14.7. The van der Waals surface area contributed by atoms with Crippen molar-refractivity contribution in [1.29, 1.82) is 0 Å². The van der Waals surface area contributed by atoms with Crippen molar-refractivity contribution in [1.82, 2.24) is 5.32 Å². The molecule has 1 atom stereocenters. The number of ketones is 1. The molecule has 0 amide bonds. The molecule has 2 rings (SSSR count). The molecule has 25 heavy (non-hydrogen) atoms. The second kappa shape index (κ2) is 10.8. The van der Waals surface area contributed by atoms with Crippen molar-refractivity contribution in [3.63, 3.8) is 0 Å². The number of aliphatic hydroxyl groups excluding tert-OH is 1. The Balaban J connectivity index is 0.00000134. The molecule has 1 aliphatic rings. The summed E-state index contributed by atoms with van der Waals surface area (Å²) in [4.78, 5) is 23.4. The van der Waals surface area contributed by atoms with Gasteiger partial charge in [0.2, 0.25) is 0 Å². The minimum absolute atomic E-state index is 0.126. The summed E-state index contributed by atoms with van der Waals surface area (Å²) < 4.78 is 8.19. The van der Waals surface area contributed by atoms with Gasteiger partial charge in [0.05, 0.1) is 0 Å². The Bertz CT molecular complexity index is 662. The standard InChI is InChI=1S/C17H19NO3.CH4O.O.V/c1-17(2,3)15(16(20)21)18-10-13-12-7-5-4-6-11(12)8-9-14(13)19;1-2;;/h4-10,15,18H,1-3H3,(H,20,21);2H,1H3;;/b13-10-;;;/t15-;;;/m1.../s1. The molecule has 1 aromatic rings. The predicted octanol–water partition coefficient (Wildman–Crippen LogP) is 2.20. The van der Waals surface area contributed by atoms with E-state index in [0.717, 1.165) is 35.6 Å². The maximum absolute atomic E-state index is 12.0. The van der Waals surface area contributed by atoms with Gasteiger partial charge in [-0.25, -0.2) is 4.79 Å². The molecular formula is C18H23NO5V. The molecular weight excluding hydrogens is 361 g/mol. The van der Waals surface area contributed by atoms with Gasteiger partial charge in [-0.15, -0.1) is 0 Å². The van der Waals surface area contributed by atoms with Crippen LogP contribution in [-0.2, 0) is 30.6 Å². The van der Waals surface area contributed by atoms with Crippen LogP contribution < -0.4 is 5.32 Å². The van der Waals surface area contributed by atoms with Crippen LogP contribution in [0, 0.1) is 5.41 Å². The van der Waals surface area contributed by atoms with Crippen LogP contribution in [0.2, 0.25) is 0 Å². The third-order valence-electron chi connectivity index (χ3n) is 3.44. The van der Waals surface area contributed by atoms with Crippen molar-refractivity contribution in [2.24, 2.45) is 5.41 Å². The van der Waals surface area contributed by atoms with Gasteiger partial charge in [-0.2, -0.15) is 0 Å². The molecule has 0 unspecified atom stereocenters. The van der Waals surface area contributed by atoms with Gasteiger partial charge in [-0.1, -0.05) is 51.1 Å². The van der Waals surface area contributed by atoms with Crippen LogP contribution >= 0.6 is 0 Å². The van der Waals surface area contributed by atoms with Crippen molar-refractivity contribution in [3.8, 4) is 0 Å². The third-order valence-corrected chi connectivity index (χ3v) is 3.44. The number of aliphatic carboxylic acids is 1. The number of allylic oxidation sites excluding steroid dienone is 2. The van der Waals surface area contributed by atoms with Crippen LogP contribution in [0.4, 0.5) is 0 Å². The van der Waals surface area contributed by atoms with Crippen molar-refractivity contribution in [2.75, 3.05) is 7.11 Å². The molecule has 0 heterocycles. The number of carboxylic acid groups (broad SMARTS) is 1. The van der Waals surface area contributed by atoms with Crippen LogP contribution in [0.3, 0.4) is 0 Å². The number of fused-ring (bicyclic) bond motifs is 1. The molecule has 3 N–H and O–H groups in total. The maximum atomic E-state index is 12.0. The van der Waals surface area contributed by atoms with E-state index in [9.17, 15) is 14.7 Å². The van der Waals surface area contributed by atoms with Crippen LogP contribution in [-0.4, -0.2) is 35.1 Å². The van der Waals surface area contributed by atoms with E-state index in [1.54, 1.807) is 6.08 Å². The first-order chi connectivity index (χ1) is 11.8. The van der Waals surface area contributed by atoms with Gasteiger partial charge in [0.1, 0.15) is 6.04 Å². The van der Waals surface area contributed by atoms with Crippen molar-refractivity contribution in [2.45, 2.75) is 26.8 Å². The van der Waals surface area contributed by atoms with Gasteiger partial charge in [-0.3, -0.25) is 4.79 Å². The van der Waals surface area contributed by atoms with Crippen LogP contribution in [0.5, 0.6) is 0 Å². The normalized spacial score (nSPS) is 15.0. The Morgan fingerprint density at radius 3 is 2.24 bits per heavy atom. The molecule has 7 heteroatoms. The van der Waals surface area contributed by atoms with Gasteiger partial charge in [0.15, 0.2) is 5.78 Å². The Morgan fingerprint density at radius 2 is 1.72 bits per heavy atom. The van der Waals surface area contributed by atoms with Gasteiger partial charge in [0.25, 0.3) is 0 Å². The number of hydrogen-bond donors (Lipinski definition) is 3. The van der Waals surface area contributed by atoms with E-state index < -0.39 is 17.4 Å². The van der Waals surface area contributed by atoms with E-state index >= 15 is 0 Å². The fourth-order valence-corrected chi connectivity index (χ4v) is 2.28. The summed E-state index contributed by atoms with van der Waals surface area (Å²) >= 11 is 1.06. The van der Waals surface area contributed by atoms with Gasteiger partial charge < -0.3 is 15.5 Å².